The van der Waals surface area contributed by atoms with E-state index in [1.165, 1.54) is 7.11 Å². The monoisotopic (exact) mass is 253 g/mol. The van der Waals surface area contributed by atoms with Crippen LogP contribution >= 0.6 is 0 Å². The predicted octanol–water partition coefficient (Wildman–Crippen LogP) is 1.35. The molecule has 0 unspecified atom stereocenters. The highest BCUT2D eigenvalue weighted by atomic mass is 16.5. The summed E-state index contributed by atoms with van der Waals surface area (Å²) in [6, 6.07) is 5.16. The number of hydrogen-bond acceptors (Lipinski definition) is 5. The molecule has 0 spiro atoms. The lowest BCUT2D eigenvalue weighted by atomic mass is 10.1. The first-order valence-corrected chi connectivity index (χ1v) is 5.64. The highest BCUT2D eigenvalue weighted by molar-refractivity contribution is 5.75. The van der Waals surface area contributed by atoms with E-state index in [0.717, 1.165) is 17.1 Å². The molecule has 0 fully saturated rings. The van der Waals surface area contributed by atoms with E-state index >= 15 is 0 Å². The van der Waals surface area contributed by atoms with E-state index in [0.29, 0.717) is 6.54 Å². The Kier molecular flexibility index (Phi) is 5.45. The molecular formula is C13H19NO4. The summed E-state index contributed by atoms with van der Waals surface area (Å²) in [5.41, 5.74) is 0.924. The molecule has 1 atom stereocenters. The van der Waals surface area contributed by atoms with Gasteiger partial charge in [-0.25, -0.2) is 0 Å². The zero-order valence-corrected chi connectivity index (χ0v) is 11.1. The summed E-state index contributed by atoms with van der Waals surface area (Å²) in [6.07, 6.45) is 0. The van der Waals surface area contributed by atoms with E-state index in [-0.39, 0.29) is 12.0 Å². The van der Waals surface area contributed by atoms with Crippen molar-refractivity contribution in [3.05, 3.63) is 23.8 Å². The standard InChI is InChI=1S/C13H19NO4/c1-9(13(15)18-4)14-8-10-7-11(16-2)5-6-12(10)17-3/h5-7,9,14H,8H2,1-4H3/t9-/m0/s1. The summed E-state index contributed by atoms with van der Waals surface area (Å²) in [7, 11) is 4.58. The fourth-order valence-corrected chi connectivity index (χ4v) is 1.54. The van der Waals surface area contributed by atoms with Crippen LogP contribution < -0.4 is 14.8 Å². The minimum atomic E-state index is -0.370. The zero-order chi connectivity index (χ0) is 13.5. The van der Waals surface area contributed by atoms with Crippen LogP contribution in [-0.2, 0) is 16.1 Å². The predicted molar refractivity (Wildman–Crippen MR) is 67.9 cm³/mol. The van der Waals surface area contributed by atoms with Gasteiger partial charge >= 0.3 is 5.97 Å². The number of carbonyl (C=O) groups excluding carboxylic acids is 1. The minimum absolute atomic E-state index is 0.295. The molecule has 0 saturated heterocycles. The van der Waals surface area contributed by atoms with Gasteiger partial charge in [0.1, 0.15) is 17.5 Å². The van der Waals surface area contributed by atoms with Crippen molar-refractivity contribution >= 4 is 5.97 Å². The second kappa shape index (κ2) is 6.86. The van der Waals surface area contributed by atoms with Crippen LogP contribution in [0, 0.1) is 0 Å². The van der Waals surface area contributed by atoms with Crippen molar-refractivity contribution in [2.45, 2.75) is 19.5 Å². The molecule has 1 rings (SSSR count). The molecule has 100 valence electrons. The first-order valence-electron chi connectivity index (χ1n) is 5.64. The summed E-state index contributed by atoms with van der Waals surface area (Å²) in [5, 5.41) is 3.07. The van der Waals surface area contributed by atoms with E-state index < -0.39 is 0 Å². The second-order valence-electron chi connectivity index (χ2n) is 3.80. The van der Waals surface area contributed by atoms with Crippen molar-refractivity contribution in [3.8, 4) is 11.5 Å². The Hall–Kier alpha value is -1.75. The van der Waals surface area contributed by atoms with E-state index in [2.05, 4.69) is 10.1 Å². The van der Waals surface area contributed by atoms with Crippen LogP contribution in [-0.4, -0.2) is 33.3 Å². The lowest BCUT2D eigenvalue weighted by Gasteiger charge is -2.14. The molecule has 1 aromatic rings. The van der Waals surface area contributed by atoms with Gasteiger partial charge in [0.25, 0.3) is 0 Å². The van der Waals surface area contributed by atoms with Crippen LogP contribution in [0.15, 0.2) is 18.2 Å². The molecule has 0 aliphatic rings. The number of benzene rings is 1. The van der Waals surface area contributed by atoms with E-state index in [1.807, 2.05) is 18.2 Å². The number of rotatable bonds is 6. The molecule has 0 aliphatic carbocycles. The van der Waals surface area contributed by atoms with Crippen LogP contribution in [0.1, 0.15) is 12.5 Å². The Morgan fingerprint density at radius 1 is 1.28 bits per heavy atom. The lowest BCUT2D eigenvalue weighted by Crippen LogP contribution is -2.34. The highest BCUT2D eigenvalue weighted by Crippen LogP contribution is 2.23. The van der Waals surface area contributed by atoms with Gasteiger partial charge in [-0.3, -0.25) is 4.79 Å². The van der Waals surface area contributed by atoms with Gasteiger partial charge in [-0.15, -0.1) is 0 Å². The van der Waals surface area contributed by atoms with Crippen LogP contribution in [0.4, 0.5) is 0 Å². The molecule has 5 nitrogen and oxygen atoms in total. The van der Waals surface area contributed by atoms with Gasteiger partial charge in [-0.05, 0) is 25.1 Å². The average Bonchev–Trinajstić information content (AvgIpc) is 2.43. The molecule has 0 saturated carbocycles. The number of methoxy groups -OCH3 is 3. The maximum atomic E-state index is 11.3. The summed E-state index contributed by atoms with van der Waals surface area (Å²) < 4.78 is 15.1. The number of nitrogens with one attached hydrogen (secondary N) is 1. The summed E-state index contributed by atoms with van der Waals surface area (Å²) >= 11 is 0. The Bertz CT molecular complexity index is 406. The fraction of sp³-hybridized carbons (Fsp3) is 0.462. The lowest BCUT2D eigenvalue weighted by molar-refractivity contribution is -0.142. The molecule has 1 N–H and O–H groups in total. The zero-order valence-electron chi connectivity index (χ0n) is 11.1. The van der Waals surface area contributed by atoms with Crippen molar-refractivity contribution in [1.82, 2.24) is 5.32 Å². The fourth-order valence-electron chi connectivity index (χ4n) is 1.54. The molecule has 0 bridgehead atoms. The minimum Gasteiger partial charge on any atom is -0.497 e. The van der Waals surface area contributed by atoms with Gasteiger partial charge in [0.05, 0.1) is 21.3 Å². The molecule has 1 aromatic carbocycles. The molecular weight excluding hydrogens is 234 g/mol. The summed E-state index contributed by atoms with van der Waals surface area (Å²) in [6.45, 7) is 2.25. The normalized spacial score (nSPS) is 11.8. The van der Waals surface area contributed by atoms with Gasteiger partial charge in [0.15, 0.2) is 0 Å². The maximum absolute atomic E-state index is 11.3. The SMILES string of the molecule is COC(=O)[C@H](C)NCc1cc(OC)ccc1OC. The Morgan fingerprint density at radius 2 is 2.00 bits per heavy atom. The van der Waals surface area contributed by atoms with Crippen molar-refractivity contribution in [2.75, 3.05) is 21.3 Å². The average molecular weight is 253 g/mol. The van der Waals surface area contributed by atoms with Gasteiger partial charge in [0, 0.05) is 12.1 Å². The maximum Gasteiger partial charge on any atom is 0.322 e. The van der Waals surface area contributed by atoms with Crippen molar-refractivity contribution in [1.29, 1.82) is 0 Å². The van der Waals surface area contributed by atoms with Crippen LogP contribution in [0.2, 0.25) is 0 Å². The molecule has 0 amide bonds. The second-order valence-corrected chi connectivity index (χ2v) is 3.80. The van der Waals surface area contributed by atoms with Gasteiger partial charge in [-0.1, -0.05) is 0 Å². The van der Waals surface area contributed by atoms with Crippen LogP contribution in [0.3, 0.4) is 0 Å². The van der Waals surface area contributed by atoms with E-state index in [4.69, 9.17) is 9.47 Å². The third-order valence-corrected chi connectivity index (χ3v) is 2.64. The first-order chi connectivity index (χ1) is 8.62. The molecule has 0 heterocycles. The third kappa shape index (κ3) is 3.63. The largest absolute Gasteiger partial charge is 0.497 e. The topological polar surface area (TPSA) is 56.8 Å². The van der Waals surface area contributed by atoms with Gasteiger partial charge < -0.3 is 19.5 Å². The van der Waals surface area contributed by atoms with Crippen molar-refractivity contribution in [3.63, 3.8) is 0 Å². The number of hydrogen-bond donors (Lipinski definition) is 1. The van der Waals surface area contributed by atoms with Crippen LogP contribution in [0.25, 0.3) is 0 Å². The molecule has 0 aliphatic heterocycles. The first kappa shape index (κ1) is 14.3. The van der Waals surface area contributed by atoms with Gasteiger partial charge in [-0.2, -0.15) is 0 Å². The Morgan fingerprint density at radius 3 is 2.56 bits per heavy atom. The smallest absolute Gasteiger partial charge is 0.322 e. The quantitative estimate of drug-likeness (QED) is 0.776. The van der Waals surface area contributed by atoms with Crippen molar-refractivity contribution in [2.24, 2.45) is 0 Å². The van der Waals surface area contributed by atoms with E-state index in [9.17, 15) is 4.79 Å². The Labute approximate surface area is 107 Å². The molecule has 0 aromatic heterocycles. The highest BCUT2D eigenvalue weighted by Gasteiger charge is 2.13. The molecule has 5 heteroatoms. The number of esters is 1. The Balaban J connectivity index is 2.73. The molecule has 0 radical (unpaired) electrons. The summed E-state index contributed by atoms with van der Waals surface area (Å²) in [5.74, 6) is 1.20. The van der Waals surface area contributed by atoms with Crippen LogP contribution in [0.5, 0.6) is 11.5 Å². The van der Waals surface area contributed by atoms with E-state index in [1.54, 1.807) is 21.1 Å². The third-order valence-electron chi connectivity index (χ3n) is 2.64. The number of ether oxygens (including phenoxy) is 3. The molecule has 18 heavy (non-hydrogen) atoms. The van der Waals surface area contributed by atoms with Gasteiger partial charge in [0.2, 0.25) is 0 Å². The summed E-state index contributed by atoms with van der Waals surface area (Å²) in [4.78, 5) is 11.3. The van der Waals surface area contributed by atoms with Crippen molar-refractivity contribution < 1.29 is 19.0 Å². The number of carbonyl (C=O) groups is 1.